The molecule has 2 aromatic rings. The van der Waals surface area contributed by atoms with Gasteiger partial charge in [0.1, 0.15) is 11.9 Å². The van der Waals surface area contributed by atoms with E-state index in [0.717, 1.165) is 44.7 Å². The summed E-state index contributed by atoms with van der Waals surface area (Å²) >= 11 is 0. The molecule has 1 amide bonds. The molecule has 2 aliphatic heterocycles. The molecule has 2 saturated heterocycles. The zero-order chi connectivity index (χ0) is 20.1. The van der Waals surface area contributed by atoms with Crippen LogP contribution < -0.4 is 9.64 Å². The van der Waals surface area contributed by atoms with Gasteiger partial charge in [0, 0.05) is 38.3 Å². The molecule has 0 saturated carbocycles. The van der Waals surface area contributed by atoms with Crippen molar-refractivity contribution in [3.63, 3.8) is 0 Å². The normalized spacial score (nSPS) is 19.5. The number of anilines is 1. The topological polar surface area (TPSA) is 59.1 Å². The molecule has 6 nitrogen and oxygen atoms in total. The molecule has 4 rings (SSSR count). The zero-order valence-electron chi connectivity index (χ0n) is 16.5. The maximum absolute atomic E-state index is 12.1. The second kappa shape index (κ2) is 9.09. The van der Waals surface area contributed by atoms with Crippen molar-refractivity contribution in [3.8, 4) is 5.75 Å². The molecule has 2 heterocycles. The van der Waals surface area contributed by atoms with E-state index in [2.05, 4.69) is 17.0 Å². The van der Waals surface area contributed by atoms with Gasteiger partial charge in [0.15, 0.2) is 6.61 Å². The first-order valence-electron chi connectivity index (χ1n) is 10.2. The fourth-order valence-electron chi connectivity index (χ4n) is 3.88. The molecule has 0 spiro atoms. The summed E-state index contributed by atoms with van der Waals surface area (Å²) in [7, 11) is 0. The zero-order valence-corrected chi connectivity index (χ0v) is 16.5. The Morgan fingerprint density at radius 1 is 1.03 bits per heavy atom. The van der Waals surface area contributed by atoms with Crippen molar-refractivity contribution in [2.24, 2.45) is 0 Å². The maximum atomic E-state index is 12.1. The molecule has 2 aromatic carbocycles. The molecule has 0 unspecified atom stereocenters. The van der Waals surface area contributed by atoms with Crippen molar-refractivity contribution in [1.29, 1.82) is 0 Å². The molecule has 1 atom stereocenters. The Labute approximate surface area is 171 Å². The van der Waals surface area contributed by atoms with Crippen molar-refractivity contribution in [2.75, 3.05) is 31.1 Å². The lowest BCUT2D eigenvalue weighted by Crippen LogP contribution is -2.26. The molecule has 0 N–H and O–H groups in total. The molecule has 2 aliphatic rings. The minimum Gasteiger partial charge on any atom is -0.482 e. The highest BCUT2D eigenvalue weighted by Crippen LogP contribution is 2.24. The molecular weight excluding hydrogens is 368 g/mol. The Hall–Kier alpha value is -2.86. The lowest BCUT2D eigenvalue weighted by Gasteiger charge is -2.17. The van der Waals surface area contributed by atoms with Gasteiger partial charge in [-0.05, 0) is 42.7 Å². The number of ether oxygens (including phenoxy) is 2. The molecule has 2 fully saturated rings. The molecule has 29 heavy (non-hydrogen) atoms. The average Bonchev–Trinajstić information content (AvgIpc) is 3.36. The van der Waals surface area contributed by atoms with Gasteiger partial charge >= 0.3 is 5.97 Å². The summed E-state index contributed by atoms with van der Waals surface area (Å²) in [4.78, 5) is 28.0. The SMILES string of the molecule is O=C(COc1ccc(N2CCCC2=O)cc1)O[C@@H]1CCN(Cc2ccccc2)C1. The number of carbonyl (C=O) groups is 2. The number of benzene rings is 2. The third-order valence-electron chi connectivity index (χ3n) is 5.35. The van der Waals surface area contributed by atoms with Crippen molar-refractivity contribution >= 4 is 17.6 Å². The number of amides is 1. The Bertz CT molecular complexity index is 838. The lowest BCUT2D eigenvalue weighted by atomic mass is 10.2. The van der Waals surface area contributed by atoms with E-state index in [4.69, 9.17) is 9.47 Å². The molecular formula is C23H26N2O4. The van der Waals surface area contributed by atoms with Crippen molar-refractivity contribution in [3.05, 3.63) is 60.2 Å². The number of hydrogen-bond donors (Lipinski definition) is 0. The standard InChI is InChI=1S/C23H26N2O4/c26-22-7-4-13-25(22)19-8-10-20(11-9-19)28-17-23(27)29-21-12-14-24(16-21)15-18-5-2-1-3-6-18/h1-3,5-6,8-11,21H,4,7,12-17H2/t21-/m1/s1. The lowest BCUT2D eigenvalue weighted by molar-refractivity contribution is -0.150. The van der Waals surface area contributed by atoms with Gasteiger partial charge in [-0.15, -0.1) is 0 Å². The van der Waals surface area contributed by atoms with Crippen LogP contribution in [-0.4, -0.2) is 49.1 Å². The number of nitrogens with zero attached hydrogens (tertiary/aromatic N) is 2. The number of likely N-dealkylation sites (tertiary alicyclic amines) is 1. The van der Waals surface area contributed by atoms with E-state index in [1.54, 1.807) is 17.0 Å². The van der Waals surface area contributed by atoms with Crippen LogP contribution in [-0.2, 0) is 20.9 Å². The summed E-state index contributed by atoms with van der Waals surface area (Å²) in [5, 5.41) is 0. The van der Waals surface area contributed by atoms with Crippen LogP contribution in [0.15, 0.2) is 54.6 Å². The van der Waals surface area contributed by atoms with Crippen LogP contribution >= 0.6 is 0 Å². The summed E-state index contributed by atoms with van der Waals surface area (Å²) < 4.78 is 11.1. The first-order valence-corrected chi connectivity index (χ1v) is 10.2. The Kier molecular flexibility index (Phi) is 6.10. The van der Waals surface area contributed by atoms with Gasteiger partial charge in [-0.3, -0.25) is 9.69 Å². The van der Waals surface area contributed by atoms with E-state index in [1.807, 2.05) is 30.3 Å². The smallest absolute Gasteiger partial charge is 0.344 e. The van der Waals surface area contributed by atoms with Crippen LogP contribution in [0.2, 0.25) is 0 Å². The van der Waals surface area contributed by atoms with Crippen LogP contribution in [0.4, 0.5) is 5.69 Å². The molecule has 6 heteroatoms. The maximum Gasteiger partial charge on any atom is 0.344 e. The highest BCUT2D eigenvalue weighted by molar-refractivity contribution is 5.95. The predicted molar refractivity (Wildman–Crippen MR) is 110 cm³/mol. The van der Waals surface area contributed by atoms with Gasteiger partial charge in [-0.25, -0.2) is 4.79 Å². The molecule has 0 bridgehead atoms. The van der Waals surface area contributed by atoms with Gasteiger partial charge in [-0.2, -0.15) is 0 Å². The Morgan fingerprint density at radius 2 is 1.83 bits per heavy atom. The predicted octanol–water partition coefficient (Wildman–Crippen LogP) is 3.01. The Balaban J connectivity index is 1.20. The van der Waals surface area contributed by atoms with Crippen molar-refractivity contribution in [1.82, 2.24) is 4.90 Å². The Morgan fingerprint density at radius 3 is 2.55 bits per heavy atom. The van der Waals surface area contributed by atoms with Crippen LogP contribution in [0, 0.1) is 0 Å². The van der Waals surface area contributed by atoms with Gasteiger partial charge in [0.2, 0.25) is 5.91 Å². The highest BCUT2D eigenvalue weighted by atomic mass is 16.6. The summed E-state index contributed by atoms with van der Waals surface area (Å²) in [6.07, 6.45) is 2.26. The van der Waals surface area contributed by atoms with Crippen LogP contribution in [0.3, 0.4) is 0 Å². The molecule has 0 aliphatic carbocycles. The number of carbonyl (C=O) groups excluding carboxylic acids is 2. The third-order valence-corrected chi connectivity index (χ3v) is 5.35. The van der Waals surface area contributed by atoms with Gasteiger partial charge < -0.3 is 14.4 Å². The first kappa shape index (κ1) is 19.5. The molecule has 0 radical (unpaired) electrons. The van der Waals surface area contributed by atoms with Gasteiger partial charge in [0.05, 0.1) is 0 Å². The van der Waals surface area contributed by atoms with Crippen LogP contribution in [0.1, 0.15) is 24.8 Å². The summed E-state index contributed by atoms with van der Waals surface area (Å²) in [5.74, 6) is 0.393. The summed E-state index contributed by atoms with van der Waals surface area (Å²) in [6, 6.07) is 17.6. The average molecular weight is 394 g/mol. The summed E-state index contributed by atoms with van der Waals surface area (Å²) in [6.45, 7) is 3.19. The fraction of sp³-hybridized carbons (Fsp3) is 0.391. The highest BCUT2D eigenvalue weighted by Gasteiger charge is 2.26. The largest absolute Gasteiger partial charge is 0.482 e. The van der Waals surface area contributed by atoms with Gasteiger partial charge in [0.25, 0.3) is 0 Å². The van der Waals surface area contributed by atoms with E-state index < -0.39 is 0 Å². The molecule has 0 aromatic heterocycles. The molecule has 152 valence electrons. The monoisotopic (exact) mass is 394 g/mol. The third kappa shape index (κ3) is 5.15. The van der Waals surface area contributed by atoms with Crippen LogP contribution in [0.5, 0.6) is 5.75 Å². The van der Waals surface area contributed by atoms with Crippen molar-refractivity contribution in [2.45, 2.75) is 31.9 Å². The quantitative estimate of drug-likeness (QED) is 0.676. The van der Waals surface area contributed by atoms with E-state index in [9.17, 15) is 9.59 Å². The van der Waals surface area contributed by atoms with E-state index in [-0.39, 0.29) is 24.6 Å². The minimum absolute atomic E-state index is 0.0848. The van der Waals surface area contributed by atoms with Gasteiger partial charge in [-0.1, -0.05) is 30.3 Å². The van der Waals surface area contributed by atoms with E-state index >= 15 is 0 Å². The minimum atomic E-state index is -0.352. The second-order valence-corrected chi connectivity index (χ2v) is 7.55. The van der Waals surface area contributed by atoms with Crippen LogP contribution in [0.25, 0.3) is 0 Å². The van der Waals surface area contributed by atoms with E-state index in [0.29, 0.717) is 12.2 Å². The fourth-order valence-corrected chi connectivity index (χ4v) is 3.88. The number of esters is 1. The first-order chi connectivity index (χ1) is 14.2. The number of rotatable bonds is 7. The number of hydrogen-bond acceptors (Lipinski definition) is 5. The second-order valence-electron chi connectivity index (χ2n) is 7.55. The summed E-state index contributed by atoms with van der Waals surface area (Å²) in [5.41, 5.74) is 2.13. The van der Waals surface area contributed by atoms with Crippen molar-refractivity contribution < 1.29 is 19.1 Å². The van der Waals surface area contributed by atoms with E-state index in [1.165, 1.54) is 5.56 Å².